The van der Waals surface area contributed by atoms with Crippen LogP contribution >= 0.6 is 0 Å². The van der Waals surface area contributed by atoms with Crippen LogP contribution in [-0.2, 0) is 9.59 Å². The van der Waals surface area contributed by atoms with E-state index in [2.05, 4.69) is 11.9 Å². The molecule has 0 radical (unpaired) electrons. The molecule has 0 spiro atoms. The van der Waals surface area contributed by atoms with E-state index in [1.165, 1.54) is 6.08 Å². The molecule has 136 valence electrons. The summed E-state index contributed by atoms with van der Waals surface area (Å²) in [6.07, 6.45) is 3.08. The average Bonchev–Trinajstić information content (AvgIpc) is 2.66. The zero-order valence-electron chi connectivity index (χ0n) is 14.8. The highest BCUT2D eigenvalue weighted by Gasteiger charge is 2.36. The predicted octanol–water partition coefficient (Wildman–Crippen LogP) is 3.23. The number of hydrogen-bond donors (Lipinski definition) is 1. The molecule has 6 nitrogen and oxygen atoms in total. The number of nitrogens with zero attached hydrogens (tertiary/aromatic N) is 1. The van der Waals surface area contributed by atoms with E-state index >= 15 is 0 Å². The van der Waals surface area contributed by atoms with Crippen LogP contribution in [0, 0.1) is 6.92 Å². The number of nitrogens with one attached hydrogen (secondary N) is 1. The van der Waals surface area contributed by atoms with Gasteiger partial charge in [-0.05, 0) is 42.8 Å². The van der Waals surface area contributed by atoms with E-state index in [0.29, 0.717) is 23.6 Å². The number of anilines is 1. The van der Waals surface area contributed by atoms with Gasteiger partial charge in [0.1, 0.15) is 17.9 Å². The number of ether oxygens (including phenoxy) is 1. The summed E-state index contributed by atoms with van der Waals surface area (Å²) in [4.78, 5) is 38.1. The van der Waals surface area contributed by atoms with E-state index in [9.17, 15) is 14.4 Å². The zero-order chi connectivity index (χ0) is 19.4. The molecular formula is C21H18N2O4. The Morgan fingerprint density at radius 2 is 1.70 bits per heavy atom. The molecule has 0 aliphatic carbocycles. The van der Waals surface area contributed by atoms with Crippen molar-refractivity contribution in [2.45, 2.75) is 6.92 Å². The summed E-state index contributed by atoms with van der Waals surface area (Å²) in [5.41, 5.74) is 1.91. The molecule has 1 fully saturated rings. The highest BCUT2D eigenvalue weighted by atomic mass is 16.5. The van der Waals surface area contributed by atoms with Crippen molar-refractivity contribution in [1.82, 2.24) is 5.32 Å². The Balaban J connectivity index is 1.89. The number of barbiturate groups is 1. The maximum Gasteiger partial charge on any atom is 0.335 e. The molecule has 2 aromatic carbocycles. The lowest BCUT2D eigenvalue weighted by Crippen LogP contribution is -2.54. The van der Waals surface area contributed by atoms with Gasteiger partial charge in [-0.15, -0.1) is 0 Å². The van der Waals surface area contributed by atoms with Crippen molar-refractivity contribution in [3.8, 4) is 5.75 Å². The Bertz CT molecular complexity index is 928. The van der Waals surface area contributed by atoms with Crippen molar-refractivity contribution >= 4 is 29.6 Å². The van der Waals surface area contributed by atoms with Gasteiger partial charge >= 0.3 is 6.03 Å². The van der Waals surface area contributed by atoms with Gasteiger partial charge in [0.15, 0.2) is 0 Å². The van der Waals surface area contributed by atoms with Gasteiger partial charge in [-0.2, -0.15) is 0 Å². The Labute approximate surface area is 156 Å². The summed E-state index contributed by atoms with van der Waals surface area (Å²) in [6, 6.07) is 13.0. The van der Waals surface area contributed by atoms with Crippen LogP contribution in [0.1, 0.15) is 11.1 Å². The van der Waals surface area contributed by atoms with Gasteiger partial charge in [-0.25, -0.2) is 9.69 Å². The quantitative estimate of drug-likeness (QED) is 0.503. The monoisotopic (exact) mass is 362 g/mol. The number of benzene rings is 2. The fourth-order valence-electron chi connectivity index (χ4n) is 2.57. The fraction of sp³-hybridized carbons (Fsp3) is 0.0952. The van der Waals surface area contributed by atoms with E-state index in [1.807, 2.05) is 6.92 Å². The standard InChI is InChI=1S/C21H18N2O4/c1-3-12-27-17-10-6-15(7-11-17)13-18-19(24)22-21(26)23(20(18)25)16-8-4-14(2)5-9-16/h3-11,13H,1,12H2,2H3,(H,22,24,26)/b18-13+. The number of imide groups is 2. The second kappa shape index (κ2) is 7.70. The normalized spacial score (nSPS) is 15.7. The largest absolute Gasteiger partial charge is 0.490 e. The van der Waals surface area contributed by atoms with Crippen LogP contribution in [0.4, 0.5) is 10.5 Å². The first kappa shape index (κ1) is 18.1. The summed E-state index contributed by atoms with van der Waals surface area (Å²) in [5.74, 6) is -0.743. The summed E-state index contributed by atoms with van der Waals surface area (Å²) in [5, 5.41) is 2.21. The molecule has 4 amide bonds. The maximum atomic E-state index is 12.8. The lowest BCUT2D eigenvalue weighted by atomic mass is 10.1. The number of urea groups is 1. The first-order valence-electron chi connectivity index (χ1n) is 8.31. The van der Waals surface area contributed by atoms with Gasteiger partial charge in [-0.3, -0.25) is 14.9 Å². The van der Waals surface area contributed by atoms with E-state index in [1.54, 1.807) is 54.6 Å². The maximum absolute atomic E-state index is 12.8. The van der Waals surface area contributed by atoms with Crippen LogP contribution in [0.5, 0.6) is 5.75 Å². The summed E-state index contributed by atoms with van der Waals surface area (Å²) < 4.78 is 5.40. The molecule has 1 heterocycles. The molecule has 3 rings (SSSR count). The minimum Gasteiger partial charge on any atom is -0.490 e. The topological polar surface area (TPSA) is 75.7 Å². The molecule has 2 aromatic rings. The van der Waals surface area contributed by atoms with Crippen LogP contribution < -0.4 is 15.0 Å². The van der Waals surface area contributed by atoms with Crippen molar-refractivity contribution in [3.63, 3.8) is 0 Å². The van der Waals surface area contributed by atoms with Gasteiger partial charge in [0.25, 0.3) is 11.8 Å². The number of hydrogen-bond acceptors (Lipinski definition) is 4. The zero-order valence-corrected chi connectivity index (χ0v) is 14.8. The molecule has 0 unspecified atom stereocenters. The SMILES string of the molecule is C=CCOc1ccc(/C=C2\C(=O)NC(=O)N(c3ccc(C)cc3)C2=O)cc1. The first-order valence-corrected chi connectivity index (χ1v) is 8.31. The summed E-state index contributed by atoms with van der Waals surface area (Å²) >= 11 is 0. The third-order valence-electron chi connectivity index (χ3n) is 3.95. The number of carbonyl (C=O) groups excluding carboxylic acids is 3. The molecule has 1 saturated heterocycles. The minimum atomic E-state index is -0.765. The van der Waals surface area contributed by atoms with Crippen molar-refractivity contribution in [1.29, 1.82) is 0 Å². The Hall–Kier alpha value is -3.67. The highest BCUT2D eigenvalue weighted by molar-refractivity contribution is 6.39. The third-order valence-corrected chi connectivity index (χ3v) is 3.95. The van der Waals surface area contributed by atoms with Gasteiger partial charge < -0.3 is 4.74 Å². The smallest absolute Gasteiger partial charge is 0.335 e. The second-order valence-corrected chi connectivity index (χ2v) is 5.96. The lowest BCUT2D eigenvalue weighted by Gasteiger charge is -2.26. The van der Waals surface area contributed by atoms with Crippen molar-refractivity contribution in [2.24, 2.45) is 0 Å². The van der Waals surface area contributed by atoms with Gasteiger partial charge in [-0.1, -0.05) is 42.5 Å². The van der Waals surface area contributed by atoms with Gasteiger partial charge in [0, 0.05) is 0 Å². The van der Waals surface area contributed by atoms with E-state index in [0.717, 1.165) is 10.5 Å². The molecule has 27 heavy (non-hydrogen) atoms. The average molecular weight is 362 g/mol. The molecule has 6 heteroatoms. The molecule has 0 bridgehead atoms. The van der Waals surface area contributed by atoms with Gasteiger partial charge in [0.2, 0.25) is 0 Å². The van der Waals surface area contributed by atoms with Crippen LogP contribution in [0.3, 0.4) is 0 Å². The van der Waals surface area contributed by atoms with E-state index in [4.69, 9.17) is 4.74 Å². The highest BCUT2D eigenvalue weighted by Crippen LogP contribution is 2.23. The van der Waals surface area contributed by atoms with Gasteiger partial charge in [0.05, 0.1) is 5.69 Å². The van der Waals surface area contributed by atoms with Crippen molar-refractivity contribution in [2.75, 3.05) is 11.5 Å². The van der Waals surface area contributed by atoms with E-state index in [-0.39, 0.29) is 5.57 Å². The lowest BCUT2D eigenvalue weighted by molar-refractivity contribution is -0.122. The number of aryl methyl sites for hydroxylation is 1. The van der Waals surface area contributed by atoms with Crippen LogP contribution in [0.15, 0.2) is 66.8 Å². The Morgan fingerprint density at radius 1 is 1.04 bits per heavy atom. The summed E-state index contributed by atoms with van der Waals surface area (Å²) in [6.45, 7) is 5.87. The minimum absolute atomic E-state index is 0.116. The molecule has 1 aliphatic heterocycles. The number of carbonyl (C=O) groups is 3. The Kier molecular flexibility index (Phi) is 5.17. The number of rotatable bonds is 5. The molecule has 0 saturated carbocycles. The van der Waals surface area contributed by atoms with Crippen LogP contribution in [-0.4, -0.2) is 24.5 Å². The second-order valence-electron chi connectivity index (χ2n) is 5.96. The first-order chi connectivity index (χ1) is 13.0. The van der Waals surface area contributed by atoms with Crippen LogP contribution in [0.25, 0.3) is 6.08 Å². The van der Waals surface area contributed by atoms with Crippen LogP contribution in [0.2, 0.25) is 0 Å². The molecular weight excluding hydrogens is 344 g/mol. The number of amides is 4. The Morgan fingerprint density at radius 3 is 2.33 bits per heavy atom. The van der Waals surface area contributed by atoms with Crippen molar-refractivity contribution in [3.05, 3.63) is 77.9 Å². The third kappa shape index (κ3) is 3.95. The molecule has 1 aliphatic rings. The summed E-state index contributed by atoms with van der Waals surface area (Å²) in [7, 11) is 0. The van der Waals surface area contributed by atoms with Crippen molar-refractivity contribution < 1.29 is 19.1 Å². The predicted molar refractivity (Wildman–Crippen MR) is 102 cm³/mol. The molecule has 1 N–H and O–H groups in total. The molecule has 0 aromatic heterocycles. The molecule has 0 atom stereocenters. The fourth-order valence-corrected chi connectivity index (χ4v) is 2.57. The van der Waals surface area contributed by atoms with E-state index < -0.39 is 17.8 Å².